The highest BCUT2D eigenvalue weighted by Gasteiger charge is 1.94. The number of aromatic nitrogens is 2. The minimum atomic E-state index is 0.797. The SMILES string of the molecule is Clc1ccc(CCCn2cccn2)cc1. The number of hydrogen-bond donors (Lipinski definition) is 0. The molecule has 2 aromatic rings. The largest absolute Gasteiger partial charge is 0.273 e. The third-order valence-electron chi connectivity index (χ3n) is 2.33. The molecule has 1 heterocycles. The summed E-state index contributed by atoms with van der Waals surface area (Å²) in [5.74, 6) is 0. The Labute approximate surface area is 94.5 Å². The molecule has 0 unspecified atom stereocenters. The van der Waals surface area contributed by atoms with Gasteiger partial charge in [0.2, 0.25) is 0 Å². The first-order chi connectivity index (χ1) is 7.34. The van der Waals surface area contributed by atoms with Crippen LogP contribution in [0.25, 0.3) is 0 Å². The van der Waals surface area contributed by atoms with Crippen molar-refractivity contribution in [3.63, 3.8) is 0 Å². The number of benzene rings is 1. The molecule has 0 radical (unpaired) electrons. The first-order valence-electron chi connectivity index (χ1n) is 5.06. The van der Waals surface area contributed by atoms with Crippen molar-refractivity contribution in [3.05, 3.63) is 53.3 Å². The average molecular weight is 221 g/mol. The number of nitrogens with zero attached hydrogens (tertiary/aromatic N) is 2. The van der Waals surface area contributed by atoms with Gasteiger partial charge >= 0.3 is 0 Å². The molecule has 0 N–H and O–H groups in total. The predicted octanol–water partition coefficient (Wildman–Crippen LogP) is 3.17. The molecule has 78 valence electrons. The Morgan fingerprint density at radius 3 is 2.67 bits per heavy atom. The van der Waals surface area contributed by atoms with Crippen LogP contribution < -0.4 is 0 Å². The van der Waals surface area contributed by atoms with Crippen LogP contribution in [-0.4, -0.2) is 9.78 Å². The van der Waals surface area contributed by atoms with Crippen LogP contribution >= 0.6 is 11.6 Å². The third-order valence-corrected chi connectivity index (χ3v) is 2.58. The molecule has 2 nitrogen and oxygen atoms in total. The zero-order valence-electron chi connectivity index (χ0n) is 8.44. The van der Waals surface area contributed by atoms with Crippen LogP contribution in [0.1, 0.15) is 12.0 Å². The molecule has 0 spiro atoms. The van der Waals surface area contributed by atoms with Gasteiger partial charge in [0.1, 0.15) is 0 Å². The Morgan fingerprint density at radius 1 is 1.20 bits per heavy atom. The lowest BCUT2D eigenvalue weighted by Crippen LogP contribution is -1.99. The van der Waals surface area contributed by atoms with Crippen molar-refractivity contribution in [2.24, 2.45) is 0 Å². The molecule has 15 heavy (non-hydrogen) atoms. The minimum absolute atomic E-state index is 0.797. The smallest absolute Gasteiger partial charge is 0.0489 e. The standard InChI is InChI=1S/C12H13ClN2/c13-12-6-4-11(5-7-12)3-1-9-15-10-2-8-14-15/h2,4-8,10H,1,3,9H2. The van der Waals surface area contributed by atoms with Gasteiger partial charge in [0.15, 0.2) is 0 Å². The Hall–Kier alpha value is -1.28. The normalized spacial score (nSPS) is 10.5. The summed E-state index contributed by atoms with van der Waals surface area (Å²) in [5.41, 5.74) is 1.33. The van der Waals surface area contributed by atoms with Crippen LogP contribution in [0.5, 0.6) is 0 Å². The molecule has 1 aromatic heterocycles. The maximum absolute atomic E-state index is 5.81. The second-order valence-electron chi connectivity index (χ2n) is 3.50. The van der Waals surface area contributed by atoms with Gasteiger partial charge in [-0.2, -0.15) is 5.10 Å². The van der Waals surface area contributed by atoms with E-state index in [2.05, 4.69) is 17.2 Å². The van der Waals surface area contributed by atoms with Crippen LogP contribution in [0.3, 0.4) is 0 Å². The molecular formula is C12H13ClN2. The summed E-state index contributed by atoms with van der Waals surface area (Å²) >= 11 is 5.81. The quantitative estimate of drug-likeness (QED) is 0.774. The number of rotatable bonds is 4. The monoisotopic (exact) mass is 220 g/mol. The third kappa shape index (κ3) is 3.10. The molecule has 0 saturated heterocycles. The molecule has 1 aromatic carbocycles. The van der Waals surface area contributed by atoms with E-state index in [1.165, 1.54) is 5.56 Å². The molecule has 0 aliphatic heterocycles. The van der Waals surface area contributed by atoms with E-state index in [9.17, 15) is 0 Å². The molecule has 0 amide bonds. The second-order valence-corrected chi connectivity index (χ2v) is 3.94. The fraction of sp³-hybridized carbons (Fsp3) is 0.250. The summed E-state index contributed by atoms with van der Waals surface area (Å²) in [6.45, 7) is 0.968. The molecule has 0 bridgehead atoms. The van der Waals surface area contributed by atoms with Crippen molar-refractivity contribution < 1.29 is 0 Å². The number of aryl methyl sites for hydroxylation is 2. The Morgan fingerprint density at radius 2 is 2.00 bits per heavy atom. The minimum Gasteiger partial charge on any atom is -0.273 e. The highest BCUT2D eigenvalue weighted by atomic mass is 35.5. The van der Waals surface area contributed by atoms with E-state index in [0.29, 0.717) is 0 Å². The van der Waals surface area contributed by atoms with Gasteiger partial charge in [-0.1, -0.05) is 23.7 Å². The average Bonchev–Trinajstić information content (AvgIpc) is 2.74. The van der Waals surface area contributed by atoms with Gasteiger partial charge in [-0.3, -0.25) is 4.68 Å². The molecule has 0 aliphatic rings. The van der Waals surface area contributed by atoms with Crippen LogP contribution in [0.15, 0.2) is 42.7 Å². The predicted molar refractivity (Wildman–Crippen MR) is 62.0 cm³/mol. The fourth-order valence-corrected chi connectivity index (χ4v) is 1.65. The van der Waals surface area contributed by atoms with Crippen molar-refractivity contribution in [1.29, 1.82) is 0 Å². The van der Waals surface area contributed by atoms with Gasteiger partial charge in [-0.15, -0.1) is 0 Å². The number of halogens is 1. The molecule has 0 aliphatic carbocycles. The molecule has 0 atom stereocenters. The van der Waals surface area contributed by atoms with E-state index in [4.69, 9.17) is 11.6 Å². The second kappa shape index (κ2) is 4.99. The van der Waals surface area contributed by atoms with E-state index in [0.717, 1.165) is 24.4 Å². The van der Waals surface area contributed by atoms with Gasteiger partial charge < -0.3 is 0 Å². The van der Waals surface area contributed by atoms with Gasteiger partial charge in [-0.25, -0.2) is 0 Å². The Balaban J connectivity index is 1.81. The van der Waals surface area contributed by atoms with Gasteiger partial charge in [0, 0.05) is 24.0 Å². The van der Waals surface area contributed by atoms with E-state index < -0.39 is 0 Å². The van der Waals surface area contributed by atoms with Crippen LogP contribution in [0.2, 0.25) is 5.02 Å². The first kappa shape index (κ1) is 10.2. The lowest BCUT2D eigenvalue weighted by molar-refractivity contribution is 0.579. The summed E-state index contributed by atoms with van der Waals surface area (Å²) in [5, 5.41) is 4.95. The van der Waals surface area contributed by atoms with Crippen molar-refractivity contribution in [3.8, 4) is 0 Å². The van der Waals surface area contributed by atoms with Crippen LogP contribution in [0.4, 0.5) is 0 Å². The molecule has 3 heteroatoms. The topological polar surface area (TPSA) is 17.8 Å². The summed E-state index contributed by atoms with van der Waals surface area (Å²) in [7, 11) is 0. The summed E-state index contributed by atoms with van der Waals surface area (Å²) < 4.78 is 1.95. The molecule has 0 fully saturated rings. The zero-order valence-corrected chi connectivity index (χ0v) is 9.19. The number of hydrogen-bond acceptors (Lipinski definition) is 1. The maximum atomic E-state index is 5.81. The van der Waals surface area contributed by atoms with Crippen LogP contribution in [0, 0.1) is 0 Å². The van der Waals surface area contributed by atoms with Crippen LogP contribution in [-0.2, 0) is 13.0 Å². The van der Waals surface area contributed by atoms with Crippen molar-refractivity contribution in [2.75, 3.05) is 0 Å². The summed E-state index contributed by atoms with van der Waals surface area (Å²) in [6.07, 6.45) is 5.96. The highest BCUT2D eigenvalue weighted by Crippen LogP contribution is 2.11. The van der Waals surface area contributed by atoms with Crippen molar-refractivity contribution >= 4 is 11.6 Å². The Bertz CT molecular complexity index is 392. The first-order valence-corrected chi connectivity index (χ1v) is 5.44. The van der Waals surface area contributed by atoms with Crippen molar-refractivity contribution in [2.45, 2.75) is 19.4 Å². The summed E-state index contributed by atoms with van der Waals surface area (Å²) in [4.78, 5) is 0. The maximum Gasteiger partial charge on any atom is 0.0489 e. The molecular weight excluding hydrogens is 208 g/mol. The van der Waals surface area contributed by atoms with Gasteiger partial charge in [-0.05, 0) is 36.6 Å². The summed E-state index contributed by atoms with van der Waals surface area (Å²) in [6, 6.07) is 9.97. The fourth-order valence-electron chi connectivity index (χ4n) is 1.53. The molecule has 2 rings (SSSR count). The van der Waals surface area contributed by atoms with E-state index >= 15 is 0 Å². The van der Waals surface area contributed by atoms with Crippen molar-refractivity contribution in [1.82, 2.24) is 9.78 Å². The van der Waals surface area contributed by atoms with Gasteiger partial charge in [0.05, 0.1) is 0 Å². The van der Waals surface area contributed by atoms with Gasteiger partial charge in [0.25, 0.3) is 0 Å². The highest BCUT2D eigenvalue weighted by molar-refractivity contribution is 6.30. The Kier molecular flexibility index (Phi) is 3.41. The van der Waals surface area contributed by atoms with E-state index in [1.807, 2.05) is 35.3 Å². The zero-order chi connectivity index (χ0) is 10.5. The van der Waals surface area contributed by atoms with E-state index in [1.54, 1.807) is 0 Å². The molecule has 0 saturated carbocycles. The van der Waals surface area contributed by atoms with E-state index in [-0.39, 0.29) is 0 Å². The lowest BCUT2D eigenvalue weighted by atomic mass is 10.1. The lowest BCUT2D eigenvalue weighted by Gasteiger charge is -2.02.